The van der Waals surface area contributed by atoms with Gasteiger partial charge in [-0.3, -0.25) is 14.5 Å². The zero-order valence-corrected chi connectivity index (χ0v) is 22.0. The highest BCUT2D eigenvalue weighted by molar-refractivity contribution is 8.04. The van der Waals surface area contributed by atoms with Gasteiger partial charge in [0, 0.05) is 37.6 Å². The van der Waals surface area contributed by atoms with E-state index < -0.39 is 0 Å². The number of piperazine rings is 1. The van der Waals surface area contributed by atoms with Crippen LogP contribution in [0.4, 0.5) is 5.69 Å². The van der Waals surface area contributed by atoms with Crippen LogP contribution in [0.15, 0.2) is 94.4 Å². The second-order valence-electron chi connectivity index (χ2n) is 9.21. The van der Waals surface area contributed by atoms with E-state index >= 15 is 0 Å². The molecule has 0 aromatic heterocycles. The second-order valence-corrected chi connectivity index (χ2v) is 10.3. The number of ether oxygens (including phenoxy) is 1. The van der Waals surface area contributed by atoms with Crippen LogP contribution in [0.3, 0.4) is 0 Å². The Balaban J connectivity index is 1.39. The zero-order valence-electron chi connectivity index (χ0n) is 21.2. The van der Waals surface area contributed by atoms with E-state index in [0.29, 0.717) is 41.7 Å². The highest BCUT2D eigenvalue weighted by atomic mass is 32.2. The van der Waals surface area contributed by atoms with Gasteiger partial charge in [0.1, 0.15) is 16.4 Å². The normalized spacial score (nSPS) is 16.6. The molecular weight excluding hydrogens is 482 g/mol. The van der Waals surface area contributed by atoms with E-state index in [2.05, 4.69) is 34.1 Å². The van der Waals surface area contributed by atoms with Crippen LogP contribution in [0.1, 0.15) is 18.1 Å². The van der Waals surface area contributed by atoms with Gasteiger partial charge in [-0.15, -0.1) is 0 Å². The van der Waals surface area contributed by atoms with Crippen molar-refractivity contribution in [3.8, 4) is 5.75 Å². The number of rotatable bonds is 8. The molecule has 0 aliphatic carbocycles. The molecule has 0 unspecified atom stereocenters. The Labute approximate surface area is 222 Å². The van der Waals surface area contributed by atoms with Gasteiger partial charge in [-0.25, -0.2) is 4.90 Å². The van der Waals surface area contributed by atoms with Gasteiger partial charge in [0.05, 0.1) is 12.3 Å². The van der Waals surface area contributed by atoms with Gasteiger partial charge in [-0.2, -0.15) is 0 Å². The number of hydrogen-bond donors (Lipinski definition) is 0. The summed E-state index contributed by atoms with van der Waals surface area (Å²) in [4.78, 5) is 34.7. The molecular formula is C30H31N3O3S. The smallest absolute Gasteiger partial charge is 0.283 e. The molecule has 0 radical (unpaired) electrons. The van der Waals surface area contributed by atoms with Gasteiger partial charge < -0.3 is 9.64 Å². The van der Waals surface area contributed by atoms with E-state index in [0.717, 1.165) is 30.1 Å². The van der Waals surface area contributed by atoms with E-state index in [9.17, 15) is 9.59 Å². The van der Waals surface area contributed by atoms with Crippen molar-refractivity contribution in [1.29, 1.82) is 0 Å². The fourth-order valence-corrected chi connectivity index (χ4v) is 5.66. The number of anilines is 1. The van der Waals surface area contributed by atoms with Crippen molar-refractivity contribution in [2.75, 3.05) is 37.7 Å². The maximum Gasteiger partial charge on any atom is 0.283 e. The summed E-state index contributed by atoms with van der Waals surface area (Å²) in [6.07, 6.45) is 0. The van der Waals surface area contributed by atoms with Crippen molar-refractivity contribution in [3.05, 3.63) is 101 Å². The van der Waals surface area contributed by atoms with Crippen LogP contribution in [0.25, 0.3) is 0 Å². The first-order valence-electron chi connectivity index (χ1n) is 12.6. The SMILES string of the molecule is CCOc1ccc(N2C(=O)C(Sc3ccc(C)cc3)=C(N3CCN(Cc4ccccc4)CC3)C2=O)cc1. The predicted octanol–water partition coefficient (Wildman–Crippen LogP) is 5.09. The topological polar surface area (TPSA) is 53.1 Å². The van der Waals surface area contributed by atoms with Crippen LogP contribution in [0.5, 0.6) is 5.75 Å². The molecule has 0 atom stereocenters. The summed E-state index contributed by atoms with van der Waals surface area (Å²) in [7, 11) is 0. The summed E-state index contributed by atoms with van der Waals surface area (Å²) >= 11 is 1.37. The fraction of sp³-hybridized carbons (Fsp3) is 0.267. The van der Waals surface area contributed by atoms with Gasteiger partial charge in [0.15, 0.2) is 0 Å². The number of benzene rings is 3. The lowest BCUT2D eigenvalue weighted by molar-refractivity contribution is -0.121. The molecule has 5 rings (SSSR count). The third-order valence-corrected chi connectivity index (χ3v) is 7.68. The molecule has 1 fully saturated rings. The van der Waals surface area contributed by atoms with Crippen LogP contribution in [-0.2, 0) is 16.1 Å². The van der Waals surface area contributed by atoms with Crippen molar-refractivity contribution in [1.82, 2.24) is 9.80 Å². The maximum atomic E-state index is 13.8. The summed E-state index contributed by atoms with van der Waals surface area (Å²) in [5.41, 5.74) is 3.49. The molecule has 190 valence electrons. The van der Waals surface area contributed by atoms with Crippen molar-refractivity contribution in [3.63, 3.8) is 0 Å². The molecule has 0 saturated carbocycles. The number of amides is 2. The van der Waals surface area contributed by atoms with Crippen LogP contribution in [0.2, 0.25) is 0 Å². The first-order valence-corrected chi connectivity index (χ1v) is 13.5. The molecule has 0 N–H and O–H groups in total. The number of nitrogens with zero attached hydrogens (tertiary/aromatic N) is 3. The number of carbonyl (C=O) groups excluding carboxylic acids is 2. The number of thioether (sulfide) groups is 1. The Morgan fingerprint density at radius 1 is 0.811 bits per heavy atom. The third-order valence-electron chi connectivity index (χ3n) is 6.60. The second kappa shape index (κ2) is 11.2. The predicted molar refractivity (Wildman–Crippen MR) is 147 cm³/mol. The molecule has 2 amide bonds. The van der Waals surface area contributed by atoms with E-state index in [1.165, 1.54) is 22.2 Å². The Morgan fingerprint density at radius 3 is 2.14 bits per heavy atom. The Bertz CT molecular complexity index is 1280. The van der Waals surface area contributed by atoms with Crippen LogP contribution in [-0.4, -0.2) is 54.4 Å². The van der Waals surface area contributed by atoms with Crippen LogP contribution in [0, 0.1) is 6.92 Å². The Hall–Kier alpha value is -3.55. The van der Waals surface area contributed by atoms with Crippen LogP contribution >= 0.6 is 11.8 Å². The molecule has 3 aromatic rings. The van der Waals surface area contributed by atoms with Crippen molar-refractivity contribution in [2.45, 2.75) is 25.3 Å². The summed E-state index contributed by atoms with van der Waals surface area (Å²) in [5, 5.41) is 0. The average Bonchev–Trinajstić information content (AvgIpc) is 3.16. The number of aryl methyl sites for hydroxylation is 1. The van der Waals surface area contributed by atoms with E-state index in [1.54, 1.807) is 24.3 Å². The Kier molecular flexibility index (Phi) is 7.63. The Morgan fingerprint density at radius 2 is 1.49 bits per heavy atom. The molecule has 37 heavy (non-hydrogen) atoms. The van der Waals surface area contributed by atoms with Gasteiger partial charge in [-0.05, 0) is 55.8 Å². The summed E-state index contributed by atoms with van der Waals surface area (Å²) < 4.78 is 5.54. The molecule has 1 saturated heterocycles. The third kappa shape index (κ3) is 5.58. The minimum absolute atomic E-state index is 0.264. The fourth-order valence-electron chi connectivity index (χ4n) is 4.66. The maximum absolute atomic E-state index is 13.8. The van der Waals surface area contributed by atoms with Crippen molar-refractivity contribution < 1.29 is 14.3 Å². The van der Waals surface area contributed by atoms with E-state index in [4.69, 9.17) is 4.74 Å². The van der Waals surface area contributed by atoms with E-state index in [1.807, 2.05) is 44.2 Å². The standard InChI is InChI=1S/C30H31N3O3S/c1-3-36-25-13-11-24(12-14-25)33-29(34)27(28(30(33)35)37-26-15-9-22(2)10-16-26)32-19-17-31(18-20-32)21-23-7-5-4-6-8-23/h4-16H,3,17-21H2,1-2H3. The highest BCUT2D eigenvalue weighted by Gasteiger charge is 2.43. The minimum atomic E-state index is -0.276. The first kappa shape index (κ1) is 25.1. The molecule has 3 aromatic carbocycles. The number of hydrogen-bond acceptors (Lipinski definition) is 6. The zero-order chi connectivity index (χ0) is 25.8. The lowest BCUT2D eigenvalue weighted by atomic mass is 10.2. The minimum Gasteiger partial charge on any atom is -0.494 e. The average molecular weight is 514 g/mol. The molecule has 0 spiro atoms. The first-order chi connectivity index (χ1) is 18.0. The van der Waals surface area contributed by atoms with E-state index in [-0.39, 0.29) is 11.8 Å². The number of carbonyl (C=O) groups is 2. The quantitative estimate of drug-likeness (QED) is 0.391. The lowest BCUT2D eigenvalue weighted by Gasteiger charge is -2.36. The van der Waals surface area contributed by atoms with Gasteiger partial charge >= 0.3 is 0 Å². The summed E-state index contributed by atoms with van der Waals surface area (Å²) in [6.45, 7) is 8.42. The monoisotopic (exact) mass is 513 g/mol. The molecule has 2 aliphatic heterocycles. The molecule has 7 heteroatoms. The molecule has 2 aliphatic rings. The van der Waals surface area contributed by atoms with Gasteiger partial charge in [-0.1, -0.05) is 59.8 Å². The highest BCUT2D eigenvalue weighted by Crippen LogP contribution is 2.39. The van der Waals surface area contributed by atoms with Crippen LogP contribution < -0.4 is 9.64 Å². The molecule has 2 heterocycles. The largest absolute Gasteiger partial charge is 0.494 e. The summed E-state index contributed by atoms with van der Waals surface area (Å²) in [5.74, 6) is 0.170. The van der Waals surface area contributed by atoms with Crippen molar-refractivity contribution in [2.24, 2.45) is 0 Å². The summed E-state index contributed by atoms with van der Waals surface area (Å²) in [6, 6.07) is 25.6. The number of imide groups is 1. The van der Waals surface area contributed by atoms with Crippen molar-refractivity contribution >= 4 is 29.3 Å². The van der Waals surface area contributed by atoms with Gasteiger partial charge in [0.2, 0.25) is 0 Å². The lowest BCUT2D eigenvalue weighted by Crippen LogP contribution is -2.47. The molecule has 6 nitrogen and oxygen atoms in total. The molecule has 0 bridgehead atoms. The van der Waals surface area contributed by atoms with Gasteiger partial charge in [0.25, 0.3) is 11.8 Å².